The Balaban J connectivity index is 2.62. The van der Waals surface area contributed by atoms with E-state index in [9.17, 15) is 4.79 Å². The SMILES string of the molecule is COCCc1ccccc1NC(C)CC(=O)OC. The predicted octanol–water partition coefficient (Wildman–Crippen LogP) is 2.24. The van der Waals surface area contributed by atoms with E-state index in [0.717, 1.165) is 12.1 Å². The molecule has 1 aromatic carbocycles. The lowest BCUT2D eigenvalue weighted by atomic mass is 10.1. The van der Waals surface area contributed by atoms with Gasteiger partial charge < -0.3 is 14.8 Å². The smallest absolute Gasteiger partial charge is 0.307 e. The predicted molar refractivity (Wildman–Crippen MR) is 71.7 cm³/mol. The van der Waals surface area contributed by atoms with Crippen LogP contribution in [0.5, 0.6) is 0 Å². The average molecular weight is 251 g/mol. The minimum absolute atomic E-state index is 0.0427. The number of ether oxygens (including phenoxy) is 2. The number of nitrogens with one attached hydrogen (secondary N) is 1. The van der Waals surface area contributed by atoms with Crippen molar-refractivity contribution in [2.75, 3.05) is 26.1 Å². The highest BCUT2D eigenvalue weighted by Gasteiger charge is 2.10. The Morgan fingerprint density at radius 2 is 2.06 bits per heavy atom. The Kier molecular flexibility index (Phi) is 6.22. The van der Waals surface area contributed by atoms with Crippen molar-refractivity contribution in [3.63, 3.8) is 0 Å². The van der Waals surface area contributed by atoms with E-state index in [1.165, 1.54) is 12.7 Å². The van der Waals surface area contributed by atoms with Crippen LogP contribution in [-0.2, 0) is 20.7 Å². The number of anilines is 1. The quantitative estimate of drug-likeness (QED) is 0.755. The van der Waals surface area contributed by atoms with Crippen LogP contribution in [0.2, 0.25) is 0 Å². The maximum absolute atomic E-state index is 11.2. The number of hydrogen-bond donors (Lipinski definition) is 1. The third-order valence-electron chi connectivity index (χ3n) is 2.70. The summed E-state index contributed by atoms with van der Waals surface area (Å²) in [6, 6.07) is 8.09. The van der Waals surface area contributed by atoms with Crippen LogP contribution in [-0.4, -0.2) is 32.8 Å². The lowest BCUT2D eigenvalue weighted by Crippen LogP contribution is -2.21. The topological polar surface area (TPSA) is 47.6 Å². The summed E-state index contributed by atoms with van der Waals surface area (Å²) in [5.41, 5.74) is 2.24. The van der Waals surface area contributed by atoms with E-state index < -0.39 is 0 Å². The Morgan fingerprint density at radius 1 is 1.33 bits per heavy atom. The molecule has 0 aliphatic rings. The van der Waals surface area contributed by atoms with Gasteiger partial charge in [-0.15, -0.1) is 0 Å². The molecule has 0 aliphatic carbocycles. The van der Waals surface area contributed by atoms with E-state index in [-0.39, 0.29) is 12.0 Å². The normalized spacial score (nSPS) is 11.9. The molecular formula is C14H21NO3. The first kappa shape index (κ1) is 14.5. The van der Waals surface area contributed by atoms with E-state index in [1.54, 1.807) is 7.11 Å². The summed E-state index contributed by atoms with van der Waals surface area (Å²) in [4.78, 5) is 11.2. The second kappa shape index (κ2) is 7.71. The molecule has 0 saturated carbocycles. The van der Waals surface area contributed by atoms with Crippen molar-refractivity contribution in [2.24, 2.45) is 0 Å². The van der Waals surface area contributed by atoms with Gasteiger partial charge >= 0.3 is 5.97 Å². The fraction of sp³-hybridized carbons (Fsp3) is 0.500. The average Bonchev–Trinajstić information content (AvgIpc) is 2.37. The van der Waals surface area contributed by atoms with Gasteiger partial charge in [0.25, 0.3) is 0 Å². The van der Waals surface area contributed by atoms with Crippen molar-refractivity contribution in [2.45, 2.75) is 25.8 Å². The Labute approximate surface area is 108 Å². The molecule has 0 radical (unpaired) electrons. The Morgan fingerprint density at radius 3 is 2.72 bits per heavy atom. The molecular weight excluding hydrogens is 230 g/mol. The van der Waals surface area contributed by atoms with Gasteiger partial charge in [0.15, 0.2) is 0 Å². The first-order valence-corrected chi connectivity index (χ1v) is 6.07. The molecule has 1 atom stereocenters. The molecule has 0 spiro atoms. The monoisotopic (exact) mass is 251 g/mol. The van der Waals surface area contributed by atoms with Crippen molar-refractivity contribution in [1.82, 2.24) is 0 Å². The van der Waals surface area contributed by atoms with Gasteiger partial charge in [0, 0.05) is 18.8 Å². The lowest BCUT2D eigenvalue weighted by Gasteiger charge is -2.17. The molecule has 18 heavy (non-hydrogen) atoms. The lowest BCUT2D eigenvalue weighted by molar-refractivity contribution is -0.140. The van der Waals surface area contributed by atoms with Crippen LogP contribution in [0, 0.1) is 0 Å². The first-order chi connectivity index (χ1) is 8.67. The van der Waals surface area contributed by atoms with Gasteiger partial charge in [-0.2, -0.15) is 0 Å². The van der Waals surface area contributed by atoms with Gasteiger partial charge in [-0.1, -0.05) is 18.2 Å². The molecule has 100 valence electrons. The molecule has 0 fully saturated rings. The largest absolute Gasteiger partial charge is 0.469 e. The summed E-state index contributed by atoms with van der Waals surface area (Å²) >= 11 is 0. The number of esters is 1. The summed E-state index contributed by atoms with van der Waals surface area (Å²) in [6.45, 7) is 2.65. The van der Waals surface area contributed by atoms with E-state index in [0.29, 0.717) is 13.0 Å². The maximum atomic E-state index is 11.2. The van der Waals surface area contributed by atoms with Gasteiger partial charge in [0.2, 0.25) is 0 Å². The van der Waals surface area contributed by atoms with Crippen LogP contribution in [0.15, 0.2) is 24.3 Å². The Hall–Kier alpha value is -1.55. The summed E-state index contributed by atoms with van der Waals surface area (Å²) in [6.07, 6.45) is 1.21. The van der Waals surface area contributed by atoms with Crippen molar-refractivity contribution in [3.05, 3.63) is 29.8 Å². The second-order valence-electron chi connectivity index (χ2n) is 4.23. The molecule has 0 aliphatic heterocycles. The van der Waals surface area contributed by atoms with Gasteiger partial charge in [0.05, 0.1) is 20.1 Å². The molecule has 1 rings (SSSR count). The zero-order valence-electron chi connectivity index (χ0n) is 11.2. The third kappa shape index (κ3) is 4.75. The van der Waals surface area contributed by atoms with Crippen LogP contribution in [0.3, 0.4) is 0 Å². The molecule has 1 aromatic rings. The molecule has 1 unspecified atom stereocenters. The minimum Gasteiger partial charge on any atom is -0.469 e. The van der Waals surface area contributed by atoms with Gasteiger partial charge in [-0.25, -0.2) is 0 Å². The highest BCUT2D eigenvalue weighted by molar-refractivity contribution is 5.70. The zero-order valence-corrected chi connectivity index (χ0v) is 11.2. The Bertz CT molecular complexity index is 379. The van der Waals surface area contributed by atoms with Gasteiger partial charge in [-0.05, 0) is 25.0 Å². The number of benzene rings is 1. The first-order valence-electron chi connectivity index (χ1n) is 6.07. The standard InChI is InChI=1S/C14H21NO3/c1-11(10-14(16)18-3)15-13-7-5-4-6-12(13)8-9-17-2/h4-7,11,15H,8-10H2,1-3H3. The number of carbonyl (C=O) groups is 1. The molecule has 4 heteroatoms. The zero-order chi connectivity index (χ0) is 13.4. The van der Waals surface area contributed by atoms with Gasteiger partial charge in [0.1, 0.15) is 0 Å². The molecule has 0 heterocycles. The number of rotatable bonds is 7. The van der Waals surface area contributed by atoms with Crippen molar-refractivity contribution < 1.29 is 14.3 Å². The fourth-order valence-corrected chi connectivity index (χ4v) is 1.74. The molecule has 0 bridgehead atoms. The van der Waals surface area contributed by atoms with E-state index in [1.807, 2.05) is 25.1 Å². The van der Waals surface area contributed by atoms with E-state index >= 15 is 0 Å². The second-order valence-corrected chi connectivity index (χ2v) is 4.23. The minimum atomic E-state index is -0.204. The van der Waals surface area contributed by atoms with E-state index in [4.69, 9.17) is 4.74 Å². The number of methoxy groups -OCH3 is 2. The number of carbonyl (C=O) groups excluding carboxylic acids is 1. The molecule has 0 aromatic heterocycles. The van der Waals surface area contributed by atoms with Crippen molar-refractivity contribution in [3.8, 4) is 0 Å². The molecule has 0 amide bonds. The number of hydrogen-bond acceptors (Lipinski definition) is 4. The molecule has 4 nitrogen and oxygen atoms in total. The summed E-state index contributed by atoms with van der Waals surface area (Å²) in [5, 5.41) is 3.33. The summed E-state index contributed by atoms with van der Waals surface area (Å²) in [5.74, 6) is -0.204. The van der Waals surface area contributed by atoms with Crippen LogP contribution in [0.4, 0.5) is 5.69 Å². The highest BCUT2D eigenvalue weighted by atomic mass is 16.5. The number of para-hydroxylation sites is 1. The molecule has 1 N–H and O–H groups in total. The van der Waals surface area contributed by atoms with Gasteiger partial charge in [-0.3, -0.25) is 4.79 Å². The summed E-state index contributed by atoms with van der Waals surface area (Å²) < 4.78 is 9.74. The van der Waals surface area contributed by atoms with Crippen LogP contribution < -0.4 is 5.32 Å². The maximum Gasteiger partial charge on any atom is 0.307 e. The third-order valence-corrected chi connectivity index (χ3v) is 2.70. The molecule has 0 saturated heterocycles. The van der Waals surface area contributed by atoms with Crippen LogP contribution in [0.25, 0.3) is 0 Å². The summed E-state index contributed by atoms with van der Waals surface area (Å²) in [7, 11) is 3.09. The van der Waals surface area contributed by atoms with Crippen LogP contribution >= 0.6 is 0 Å². The van der Waals surface area contributed by atoms with E-state index in [2.05, 4.69) is 16.1 Å². The fourth-order valence-electron chi connectivity index (χ4n) is 1.74. The van der Waals surface area contributed by atoms with Crippen molar-refractivity contribution >= 4 is 11.7 Å². The van der Waals surface area contributed by atoms with Crippen molar-refractivity contribution in [1.29, 1.82) is 0 Å². The van der Waals surface area contributed by atoms with Crippen LogP contribution in [0.1, 0.15) is 18.9 Å². The highest BCUT2D eigenvalue weighted by Crippen LogP contribution is 2.17.